The number of hydrogen-bond donors (Lipinski definition) is 1. The van der Waals surface area contributed by atoms with Gasteiger partial charge >= 0.3 is 0 Å². The molecule has 1 aromatic carbocycles. The molecule has 0 radical (unpaired) electrons. The van der Waals surface area contributed by atoms with Crippen molar-refractivity contribution in [3.8, 4) is 0 Å². The number of hydrogen-bond acceptors (Lipinski definition) is 6. The van der Waals surface area contributed by atoms with Crippen molar-refractivity contribution in [1.82, 2.24) is 9.88 Å². The van der Waals surface area contributed by atoms with Crippen molar-refractivity contribution in [2.45, 2.75) is 31.5 Å². The van der Waals surface area contributed by atoms with Gasteiger partial charge in [0, 0.05) is 13.0 Å². The Morgan fingerprint density at radius 2 is 1.96 bits per heavy atom. The van der Waals surface area contributed by atoms with E-state index in [1.807, 2.05) is 0 Å². The number of carbonyl (C=O) groups is 3. The van der Waals surface area contributed by atoms with E-state index < -0.39 is 23.6 Å². The van der Waals surface area contributed by atoms with Crippen LogP contribution in [0.3, 0.4) is 0 Å². The number of halogens is 2. The summed E-state index contributed by atoms with van der Waals surface area (Å²) in [5.74, 6) is -2.22. The predicted octanol–water partition coefficient (Wildman–Crippen LogP) is 2.58. The lowest BCUT2D eigenvalue weighted by Gasteiger charge is -2.16. The summed E-state index contributed by atoms with van der Waals surface area (Å²) in [7, 11) is 0. The molecule has 1 aromatic heterocycles. The van der Waals surface area contributed by atoms with E-state index >= 15 is 0 Å². The monoisotopic (exact) mass is 423 g/mol. The van der Waals surface area contributed by atoms with Gasteiger partial charge in [-0.2, -0.15) is 0 Å². The number of nitrogens with zero attached hydrogens (tertiary/aromatic N) is 2. The SMILES string of the molecule is O=C(CCN1C(=O)C2C3CCC(O3)C2C1=O)Nc1nc2c(F)ccc(Cl)c2s1. The molecule has 7 nitrogen and oxygen atoms in total. The number of aromatic nitrogens is 1. The first-order valence-corrected chi connectivity index (χ1v) is 10.2. The van der Waals surface area contributed by atoms with Gasteiger partial charge in [0.1, 0.15) is 11.3 Å². The van der Waals surface area contributed by atoms with Gasteiger partial charge in [-0.3, -0.25) is 19.3 Å². The summed E-state index contributed by atoms with van der Waals surface area (Å²) in [4.78, 5) is 42.7. The summed E-state index contributed by atoms with van der Waals surface area (Å²) in [6.07, 6.45) is 1.20. The van der Waals surface area contributed by atoms with Crippen molar-refractivity contribution in [2.75, 3.05) is 11.9 Å². The fourth-order valence-corrected chi connectivity index (χ4v) is 5.56. The molecule has 3 saturated heterocycles. The van der Waals surface area contributed by atoms with Gasteiger partial charge in [-0.25, -0.2) is 9.37 Å². The molecule has 0 saturated carbocycles. The van der Waals surface area contributed by atoms with Gasteiger partial charge < -0.3 is 10.1 Å². The van der Waals surface area contributed by atoms with Crippen molar-refractivity contribution < 1.29 is 23.5 Å². The van der Waals surface area contributed by atoms with Crippen LogP contribution in [0.2, 0.25) is 5.02 Å². The predicted molar refractivity (Wildman–Crippen MR) is 99.4 cm³/mol. The quantitative estimate of drug-likeness (QED) is 0.763. The maximum atomic E-state index is 13.8. The van der Waals surface area contributed by atoms with Crippen LogP contribution in [-0.2, 0) is 19.1 Å². The number of ether oxygens (including phenoxy) is 1. The van der Waals surface area contributed by atoms with Crippen LogP contribution in [-0.4, -0.2) is 46.4 Å². The first-order valence-electron chi connectivity index (χ1n) is 8.99. The van der Waals surface area contributed by atoms with E-state index in [1.165, 1.54) is 17.0 Å². The standard InChI is InChI=1S/C18H15ClFN3O4S/c19-7-1-2-8(20)14-15(7)28-18(22-14)21-11(24)5-6-23-16(25)12-9-3-4-10(27-9)13(12)17(23)26/h1-2,9-10,12-13H,3-6H2,(H,21,22,24). The molecule has 146 valence electrons. The second-order valence-electron chi connectivity index (χ2n) is 7.19. The molecular formula is C18H15ClFN3O4S. The molecule has 4 unspecified atom stereocenters. The van der Waals surface area contributed by atoms with E-state index in [4.69, 9.17) is 16.3 Å². The molecular weight excluding hydrogens is 409 g/mol. The van der Waals surface area contributed by atoms with E-state index in [0.29, 0.717) is 9.72 Å². The smallest absolute Gasteiger partial charge is 0.235 e. The molecule has 4 atom stereocenters. The number of carbonyl (C=O) groups excluding carboxylic acids is 3. The van der Waals surface area contributed by atoms with Gasteiger partial charge in [0.15, 0.2) is 5.13 Å². The lowest BCUT2D eigenvalue weighted by molar-refractivity contribution is -0.142. The third-order valence-corrected chi connectivity index (χ3v) is 7.06. The van der Waals surface area contributed by atoms with Crippen LogP contribution in [0, 0.1) is 17.7 Å². The lowest BCUT2D eigenvalue weighted by atomic mass is 9.81. The van der Waals surface area contributed by atoms with E-state index in [2.05, 4.69) is 10.3 Å². The molecule has 2 aromatic rings. The molecule has 2 bridgehead atoms. The highest BCUT2D eigenvalue weighted by molar-refractivity contribution is 7.23. The first-order chi connectivity index (χ1) is 13.4. The first kappa shape index (κ1) is 18.0. The normalized spacial score (nSPS) is 28.4. The van der Waals surface area contributed by atoms with Crippen molar-refractivity contribution >= 4 is 56.0 Å². The highest BCUT2D eigenvalue weighted by Crippen LogP contribution is 2.48. The fraction of sp³-hybridized carbons (Fsp3) is 0.444. The summed E-state index contributed by atoms with van der Waals surface area (Å²) in [6, 6.07) is 2.65. The molecule has 3 aliphatic heterocycles. The minimum atomic E-state index is -0.521. The van der Waals surface area contributed by atoms with Crippen molar-refractivity contribution in [3.63, 3.8) is 0 Å². The summed E-state index contributed by atoms with van der Waals surface area (Å²) in [5.41, 5.74) is 0.0981. The van der Waals surface area contributed by atoms with E-state index in [-0.39, 0.29) is 47.6 Å². The summed E-state index contributed by atoms with van der Waals surface area (Å²) in [5, 5.41) is 3.16. The largest absolute Gasteiger partial charge is 0.373 e. The molecule has 3 fully saturated rings. The molecule has 3 amide bonds. The van der Waals surface area contributed by atoms with Crippen LogP contribution in [0.25, 0.3) is 10.2 Å². The highest BCUT2D eigenvalue weighted by atomic mass is 35.5. The van der Waals surface area contributed by atoms with Crippen LogP contribution in [0.4, 0.5) is 9.52 Å². The van der Waals surface area contributed by atoms with Crippen LogP contribution < -0.4 is 5.32 Å². The van der Waals surface area contributed by atoms with E-state index in [1.54, 1.807) is 0 Å². The van der Waals surface area contributed by atoms with Crippen LogP contribution in [0.5, 0.6) is 0 Å². The highest BCUT2D eigenvalue weighted by Gasteiger charge is 2.62. The molecule has 0 aliphatic carbocycles. The molecule has 1 N–H and O–H groups in total. The number of nitrogens with one attached hydrogen (secondary N) is 1. The van der Waals surface area contributed by atoms with Gasteiger partial charge in [-0.15, -0.1) is 0 Å². The van der Waals surface area contributed by atoms with Gasteiger partial charge in [-0.1, -0.05) is 22.9 Å². The van der Waals surface area contributed by atoms with Crippen LogP contribution in [0.15, 0.2) is 12.1 Å². The molecule has 3 aliphatic rings. The minimum absolute atomic E-state index is 0.00987. The number of amides is 3. The van der Waals surface area contributed by atoms with Gasteiger partial charge in [0.25, 0.3) is 0 Å². The van der Waals surface area contributed by atoms with Crippen molar-refractivity contribution in [2.24, 2.45) is 11.8 Å². The molecule has 4 heterocycles. The topological polar surface area (TPSA) is 88.6 Å². The van der Waals surface area contributed by atoms with Crippen molar-refractivity contribution in [1.29, 1.82) is 0 Å². The van der Waals surface area contributed by atoms with Gasteiger partial charge in [0.05, 0.1) is 33.8 Å². The number of imide groups is 1. The number of benzene rings is 1. The fourth-order valence-electron chi connectivity index (χ4n) is 4.39. The Balaban J connectivity index is 1.25. The number of anilines is 1. The zero-order chi connectivity index (χ0) is 19.6. The maximum Gasteiger partial charge on any atom is 0.235 e. The molecule has 28 heavy (non-hydrogen) atoms. The van der Waals surface area contributed by atoms with Crippen LogP contribution >= 0.6 is 22.9 Å². The number of likely N-dealkylation sites (tertiary alicyclic amines) is 1. The summed E-state index contributed by atoms with van der Waals surface area (Å²) in [6.45, 7) is 0.00987. The van der Waals surface area contributed by atoms with Crippen LogP contribution in [0.1, 0.15) is 19.3 Å². The van der Waals surface area contributed by atoms with Gasteiger partial charge in [-0.05, 0) is 25.0 Å². The Bertz CT molecular complexity index is 961. The summed E-state index contributed by atoms with van der Waals surface area (Å²) >= 11 is 7.10. The minimum Gasteiger partial charge on any atom is -0.373 e. The Hall–Kier alpha value is -2.10. The third kappa shape index (κ3) is 2.64. The zero-order valence-corrected chi connectivity index (χ0v) is 16.1. The second kappa shape index (κ2) is 6.47. The zero-order valence-electron chi connectivity index (χ0n) is 14.5. The van der Waals surface area contributed by atoms with Crippen molar-refractivity contribution in [3.05, 3.63) is 23.0 Å². The average molecular weight is 424 g/mol. The Kier molecular flexibility index (Phi) is 4.15. The average Bonchev–Trinajstić information content (AvgIpc) is 3.41. The Morgan fingerprint density at radius 1 is 1.29 bits per heavy atom. The Morgan fingerprint density at radius 3 is 2.61 bits per heavy atom. The van der Waals surface area contributed by atoms with Gasteiger partial charge in [0.2, 0.25) is 17.7 Å². The molecule has 0 spiro atoms. The summed E-state index contributed by atoms with van der Waals surface area (Å²) < 4.78 is 20.0. The lowest BCUT2D eigenvalue weighted by Crippen LogP contribution is -2.36. The number of fused-ring (bicyclic) bond motifs is 6. The number of rotatable bonds is 4. The third-order valence-electron chi connectivity index (χ3n) is 5.63. The maximum absolute atomic E-state index is 13.8. The number of thiazole rings is 1. The molecule has 5 rings (SSSR count). The van der Waals surface area contributed by atoms with E-state index in [0.717, 1.165) is 24.2 Å². The van der Waals surface area contributed by atoms with E-state index in [9.17, 15) is 18.8 Å². The molecule has 10 heteroatoms. The second-order valence-corrected chi connectivity index (χ2v) is 8.60. The Labute approximate surface area is 167 Å².